The van der Waals surface area contributed by atoms with E-state index < -0.39 is 0 Å². The van der Waals surface area contributed by atoms with Gasteiger partial charge in [0.2, 0.25) is 0 Å². The fraction of sp³-hybridized carbons (Fsp3) is 0.481. The van der Waals surface area contributed by atoms with E-state index in [2.05, 4.69) is 5.16 Å². The number of benzene rings is 1. The van der Waals surface area contributed by atoms with Crippen LogP contribution in [-0.4, -0.2) is 34.7 Å². The number of aliphatic hydroxyl groups excluding tert-OH is 1. The standard InChI is InChI=1S/C27H32N2O5/c1-26(2)12-19(28-16-6-8-17(33-5)9-7-16)24(21(31)13-26)20(30)11-10-18-25-22(32)14-27(3,4)15-23(25)34-29-18/h6-9,30H,10-15H2,1-5H3. The molecule has 2 aliphatic rings. The number of fused-ring (bicyclic) bond motifs is 1. The Bertz CT molecular complexity index is 1180. The van der Waals surface area contributed by atoms with Crippen LogP contribution in [0.2, 0.25) is 0 Å². The number of aliphatic imine (C=N–C) groups is 1. The zero-order valence-electron chi connectivity index (χ0n) is 20.5. The van der Waals surface area contributed by atoms with Gasteiger partial charge < -0.3 is 14.4 Å². The number of ether oxygens (including phenoxy) is 1. The fourth-order valence-corrected chi connectivity index (χ4v) is 4.88. The summed E-state index contributed by atoms with van der Waals surface area (Å²) in [5.41, 5.74) is 2.21. The average molecular weight is 465 g/mol. The van der Waals surface area contributed by atoms with E-state index in [1.54, 1.807) is 7.11 Å². The average Bonchev–Trinajstić information content (AvgIpc) is 3.13. The molecule has 1 N–H and O–H groups in total. The van der Waals surface area contributed by atoms with Gasteiger partial charge in [-0.05, 0) is 41.5 Å². The highest BCUT2D eigenvalue weighted by molar-refractivity contribution is 6.25. The quantitative estimate of drug-likeness (QED) is 0.447. The Labute approximate surface area is 199 Å². The van der Waals surface area contributed by atoms with E-state index in [-0.39, 0.29) is 40.1 Å². The molecule has 0 radical (unpaired) electrons. The number of nitrogens with zero attached hydrogens (tertiary/aromatic N) is 2. The summed E-state index contributed by atoms with van der Waals surface area (Å²) in [6.07, 6.45) is 2.48. The second-order valence-electron chi connectivity index (χ2n) is 10.9. The van der Waals surface area contributed by atoms with Gasteiger partial charge in [-0.1, -0.05) is 32.9 Å². The summed E-state index contributed by atoms with van der Waals surface area (Å²) in [5, 5.41) is 15.1. The van der Waals surface area contributed by atoms with Gasteiger partial charge in [0, 0.05) is 32.1 Å². The van der Waals surface area contributed by atoms with Crippen LogP contribution in [0.3, 0.4) is 0 Å². The number of ketones is 2. The molecule has 7 heteroatoms. The predicted octanol–water partition coefficient (Wildman–Crippen LogP) is 5.74. The Morgan fingerprint density at radius 2 is 1.68 bits per heavy atom. The van der Waals surface area contributed by atoms with E-state index >= 15 is 0 Å². The molecule has 0 saturated heterocycles. The summed E-state index contributed by atoms with van der Waals surface area (Å²) in [7, 11) is 1.60. The van der Waals surface area contributed by atoms with Crippen molar-refractivity contribution in [3.63, 3.8) is 0 Å². The topological polar surface area (TPSA) is 102 Å². The maximum absolute atomic E-state index is 13.1. The monoisotopic (exact) mass is 464 g/mol. The third-order valence-corrected chi connectivity index (χ3v) is 6.47. The number of rotatable bonds is 5. The molecule has 0 amide bonds. The van der Waals surface area contributed by atoms with Crippen LogP contribution >= 0.6 is 0 Å². The first-order valence-electron chi connectivity index (χ1n) is 11.7. The number of hydrogen-bond acceptors (Lipinski definition) is 7. The lowest BCUT2D eigenvalue weighted by atomic mass is 9.73. The molecule has 0 unspecified atom stereocenters. The summed E-state index contributed by atoms with van der Waals surface area (Å²) in [6.45, 7) is 8.12. The van der Waals surface area contributed by atoms with E-state index in [1.165, 1.54) is 0 Å². The minimum atomic E-state index is -0.253. The van der Waals surface area contributed by atoms with Gasteiger partial charge in [-0.15, -0.1) is 0 Å². The first-order valence-corrected chi connectivity index (χ1v) is 11.7. The van der Waals surface area contributed by atoms with Crippen molar-refractivity contribution in [2.24, 2.45) is 15.8 Å². The van der Waals surface area contributed by atoms with Gasteiger partial charge in [0.15, 0.2) is 11.6 Å². The summed E-state index contributed by atoms with van der Waals surface area (Å²) in [4.78, 5) is 30.5. The minimum Gasteiger partial charge on any atom is -0.511 e. The number of hydrogen-bond donors (Lipinski definition) is 1. The number of carbonyl (C=O) groups excluding carboxylic acids is 2. The Balaban J connectivity index is 1.62. The second kappa shape index (κ2) is 8.85. The van der Waals surface area contributed by atoms with Gasteiger partial charge in [-0.25, -0.2) is 0 Å². The number of aromatic nitrogens is 1. The third-order valence-electron chi connectivity index (χ3n) is 6.47. The number of Topliss-reactive ketones (excluding diaryl/α,β-unsaturated/α-hetero) is 2. The third kappa shape index (κ3) is 4.98. The number of aliphatic hydroxyl groups is 1. The van der Waals surface area contributed by atoms with Crippen LogP contribution in [0, 0.1) is 10.8 Å². The van der Waals surface area contributed by atoms with E-state index in [9.17, 15) is 14.7 Å². The van der Waals surface area contributed by atoms with E-state index in [1.807, 2.05) is 52.0 Å². The van der Waals surface area contributed by atoms with Crippen molar-refractivity contribution in [2.75, 3.05) is 7.11 Å². The highest BCUT2D eigenvalue weighted by Crippen LogP contribution is 2.38. The lowest BCUT2D eigenvalue weighted by Gasteiger charge is -2.31. The summed E-state index contributed by atoms with van der Waals surface area (Å²) >= 11 is 0. The normalized spacial score (nSPS) is 22.0. The molecular weight excluding hydrogens is 432 g/mol. The molecule has 34 heavy (non-hydrogen) atoms. The van der Waals surface area contributed by atoms with Gasteiger partial charge in [0.1, 0.15) is 17.3 Å². The van der Waals surface area contributed by atoms with E-state index in [0.29, 0.717) is 60.5 Å². The molecule has 0 atom stereocenters. The SMILES string of the molecule is COc1ccc(N=C2CC(C)(C)CC(=O)C2=C(O)CCc2noc3c2C(=O)CC(C)(C)C3)cc1. The molecule has 1 fully saturated rings. The lowest BCUT2D eigenvalue weighted by Crippen LogP contribution is -2.32. The van der Waals surface area contributed by atoms with Crippen molar-refractivity contribution in [2.45, 2.75) is 66.2 Å². The first kappa shape index (κ1) is 23.9. The van der Waals surface area contributed by atoms with Crippen LogP contribution in [0.25, 0.3) is 0 Å². The largest absolute Gasteiger partial charge is 0.511 e. The molecule has 7 nitrogen and oxygen atoms in total. The molecule has 0 spiro atoms. The molecule has 0 aliphatic heterocycles. The number of methoxy groups -OCH3 is 1. The predicted molar refractivity (Wildman–Crippen MR) is 129 cm³/mol. The Hall–Kier alpha value is -3.22. The van der Waals surface area contributed by atoms with Crippen LogP contribution < -0.4 is 4.74 Å². The molecule has 1 aromatic heterocycles. The maximum atomic E-state index is 13.1. The first-order chi connectivity index (χ1) is 16.0. The molecule has 0 bridgehead atoms. The second-order valence-corrected chi connectivity index (χ2v) is 10.9. The smallest absolute Gasteiger partial charge is 0.168 e. The number of allylic oxidation sites excluding steroid dienone is 2. The Kier molecular flexibility index (Phi) is 6.23. The maximum Gasteiger partial charge on any atom is 0.168 e. The van der Waals surface area contributed by atoms with Crippen molar-refractivity contribution >= 4 is 23.0 Å². The van der Waals surface area contributed by atoms with E-state index in [4.69, 9.17) is 14.3 Å². The number of carbonyl (C=O) groups is 2. The van der Waals surface area contributed by atoms with Crippen LogP contribution in [0.1, 0.15) is 75.2 Å². The molecule has 1 aromatic carbocycles. The number of aryl methyl sites for hydroxylation is 1. The summed E-state index contributed by atoms with van der Waals surface area (Å²) < 4.78 is 10.7. The summed E-state index contributed by atoms with van der Waals surface area (Å²) in [6, 6.07) is 7.26. The van der Waals surface area contributed by atoms with Gasteiger partial charge in [-0.3, -0.25) is 14.6 Å². The van der Waals surface area contributed by atoms with Crippen LogP contribution in [-0.2, 0) is 17.6 Å². The molecule has 2 aliphatic carbocycles. The lowest BCUT2D eigenvalue weighted by molar-refractivity contribution is -0.117. The van der Waals surface area contributed by atoms with Gasteiger partial charge in [0.25, 0.3) is 0 Å². The zero-order valence-corrected chi connectivity index (χ0v) is 20.5. The van der Waals surface area contributed by atoms with Crippen molar-refractivity contribution in [1.82, 2.24) is 5.16 Å². The summed E-state index contributed by atoms with van der Waals surface area (Å²) in [5.74, 6) is 1.21. The minimum absolute atomic E-state index is 0.0203. The fourth-order valence-electron chi connectivity index (χ4n) is 4.88. The molecule has 2 aromatic rings. The molecule has 1 heterocycles. The van der Waals surface area contributed by atoms with Crippen LogP contribution in [0.15, 0.2) is 45.1 Å². The van der Waals surface area contributed by atoms with Crippen LogP contribution in [0.5, 0.6) is 5.75 Å². The molecule has 4 rings (SSSR count). The zero-order chi connectivity index (χ0) is 24.7. The van der Waals surface area contributed by atoms with Crippen molar-refractivity contribution in [3.05, 3.63) is 52.6 Å². The highest BCUT2D eigenvalue weighted by atomic mass is 16.5. The molecule has 180 valence electrons. The molecular formula is C27H32N2O5. The Morgan fingerprint density at radius 3 is 2.35 bits per heavy atom. The van der Waals surface area contributed by atoms with Gasteiger partial charge in [0.05, 0.1) is 35.3 Å². The van der Waals surface area contributed by atoms with Crippen molar-refractivity contribution in [1.29, 1.82) is 0 Å². The highest BCUT2D eigenvalue weighted by Gasteiger charge is 2.38. The molecule has 1 saturated carbocycles. The van der Waals surface area contributed by atoms with Crippen molar-refractivity contribution in [3.8, 4) is 5.75 Å². The van der Waals surface area contributed by atoms with Gasteiger partial charge >= 0.3 is 0 Å². The van der Waals surface area contributed by atoms with Crippen LogP contribution in [0.4, 0.5) is 5.69 Å². The Morgan fingerprint density at radius 1 is 1.03 bits per heavy atom. The van der Waals surface area contributed by atoms with Gasteiger partial charge in [-0.2, -0.15) is 0 Å². The van der Waals surface area contributed by atoms with E-state index in [0.717, 1.165) is 5.75 Å². The van der Waals surface area contributed by atoms with Crippen molar-refractivity contribution < 1.29 is 24.0 Å².